The summed E-state index contributed by atoms with van der Waals surface area (Å²) in [7, 11) is 0. The van der Waals surface area contributed by atoms with Gasteiger partial charge in [-0.05, 0) is 83.5 Å². The fraction of sp³-hybridized carbons (Fsp3) is 0.714. The van der Waals surface area contributed by atoms with E-state index in [9.17, 15) is 4.79 Å². The van der Waals surface area contributed by atoms with E-state index in [1.807, 2.05) is 6.92 Å². The monoisotopic (exact) mass is 408 g/mol. The Morgan fingerprint density at radius 1 is 1.15 bits per heavy atom. The Morgan fingerprint density at radius 2 is 1.81 bits per heavy atom. The standard InChI is InChI=1S/C21H32N2O2S2/c1-4-25-20(24)18-16-12-7-5-6-8-13-17(16)27-19(18)22-21(26)23-14(2)10-9-11-15(23)3/h14-15H,4-13H2,1-3H3,(H,22,26). The van der Waals surface area contributed by atoms with Crippen molar-refractivity contribution in [3.05, 3.63) is 16.0 Å². The molecule has 27 heavy (non-hydrogen) atoms. The highest BCUT2D eigenvalue weighted by atomic mass is 32.1. The van der Waals surface area contributed by atoms with Crippen molar-refractivity contribution >= 4 is 39.6 Å². The molecule has 1 aliphatic carbocycles. The fourth-order valence-electron chi connectivity index (χ4n) is 4.41. The summed E-state index contributed by atoms with van der Waals surface area (Å²) in [6.45, 7) is 6.74. The van der Waals surface area contributed by atoms with Crippen LogP contribution in [0.3, 0.4) is 0 Å². The largest absolute Gasteiger partial charge is 0.462 e. The second kappa shape index (κ2) is 9.37. The van der Waals surface area contributed by atoms with E-state index < -0.39 is 0 Å². The van der Waals surface area contributed by atoms with Gasteiger partial charge in [-0.2, -0.15) is 0 Å². The first kappa shape index (κ1) is 20.6. The molecular weight excluding hydrogens is 376 g/mol. The van der Waals surface area contributed by atoms with Crippen molar-refractivity contribution in [2.24, 2.45) is 0 Å². The summed E-state index contributed by atoms with van der Waals surface area (Å²) in [6, 6.07) is 0.863. The number of hydrogen-bond acceptors (Lipinski definition) is 4. The van der Waals surface area contributed by atoms with Gasteiger partial charge in [0, 0.05) is 17.0 Å². The van der Waals surface area contributed by atoms with Crippen LogP contribution in [0.15, 0.2) is 0 Å². The quantitative estimate of drug-likeness (QED) is 0.525. The third-order valence-electron chi connectivity index (χ3n) is 5.80. The number of hydrogen-bond donors (Lipinski definition) is 1. The van der Waals surface area contributed by atoms with Crippen molar-refractivity contribution < 1.29 is 9.53 Å². The summed E-state index contributed by atoms with van der Waals surface area (Å²) in [5.74, 6) is -0.208. The molecule has 150 valence electrons. The minimum Gasteiger partial charge on any atom is -0.462 e. The molecule has 6 heteroatoms. The molecule has 1 fully saturated rings. The van der Waals surface area contributed by atoms with Crippen LogP contribution >= 0.6 is 23.6 Å². The lowest BCUT2D eigenvalue weighted by Crippen LogP contribution is -2.49. The molecule has 1 N–H and O–H groups in total. The van der Waals surface area contributed by atoms with Gasteiger partial charge in [0.1, 0.15) is 5.00 Å². The highest BCUT2D eigenvalue weighted by molar-refractivity contribution is 7.80. The molecule has 0 aromatic carbocycles. The fourth-order valence-corrected chi connectivity index (χ4v) is 6.21. The lowest BCUT2D eigenvalue weighted by atomic mass is 9.96. The van der Waals surface area contributed by atoms with Gasteiger partial charge in [0.25, 0.3) is 0 Å². The summed E-state index contributed by atoms with van der Waals surface area (Å²) in [6.07, 6.45) is 10.4. The number of esters is 1. The van der Waals surface area contributed by atoms with Crippen molar-refractivity contribution in [1.29, 1.82) is 0 Å². The molecule has 0 bridgehead atoms. The van der Waals surface area contributed by atoms with Gasteiger partial charge in [0.2, 0.25) is 0 Å². The highest BCUT2D eigenvalue weighted by Crippen LogP contribution is 2.38. The number of nitrogens with one attached hydrogen (secondary N) is 1. The van der Waals surface area contributed by atoms with Crippen LogP contribution < -0.4 is 5.32 Å². The van der Waals surface area contributed by atoms with Crippen molar-refractivity contribution in [2.45, 2.75) is 90.6 Å². The Balaban J connectivity index is 1.90. The van der Waals surface area contributed by atoms with Gasteiger partial charge >= 0.3 is 5.97 Å². The number of thiocarbonyl (C=S) groups is 1. The van der Waals surface area contributed by atoms with Gasteiger partial charge in [-0.3, -0.25) is 0 Å². The molecule has 0 saturated carbocycles. The Morgan fingerprint density at radius 3 is 2.48 bits per heavy atom. The average molecular weight is 409 g/mol. The van der Waals surface area contributed by atoms with Gasteiger partial charge in [0.05, 0.1) is 12.2 Å². The topological polar surface area (TPSA) is 41.6 Å². The maximum Gasteiger partial charge on any atom is 0.341 e. The number of piperidine rings is 1. The van der Waals surface area contributed by atoms with E-state index in [0.29, 0.717) is 18.7 Å². The first-order valence-corrected chi connectivity index (χ1v) is 11.7. The van der Waals surface area contributed by atoms with E-state index in [0.717, 1.165) is 47.8 Å². The first-order valence-electron chi connectivity index (χ1n) is 10.4. The molecule has 2 atom stereocenters. The van der Waals surface area contributed by atoms with Crippen LogP contribution in [0.2, 0.25) is 0 Å². The molecule has 0 radical (unpaired) electrons. The van der Waals surface area contributed by atoms with Gasteiger partial charge in [-0.1, -0.05) is 12.8 Å². The smallest absolute Gasteiger partial charge is 0.341 e. The van der Waals surface area contributed by atoms with Gasteiger partial charge < -0.3 is 15.0 Å². The predicted molar refractivity (Wildman–Crippen MR) is 117 cm³/mol. The number of carbonyl (C=O) groups is 1. The molecule has 1 aromatic heterocycles. The minimum atomic E-state index is -0.208. The Kier molecular flexibility index (Phi) is 7.15. The number of thiophene rings is 1. The molecule has 4 nitrogen and oxygen atoms in total. The number of ether oxygens (including phenoxy) is 1. The number of likely N-dealkylation sites (tertiary alicyclic amines) is 1. The van der Waals surface area contributed by atoms with E-state index in [2.05, 4.69) is 24.1 Å². The van der Waals surface area contributed by atoms with Crippen molar-refractivity contribution in [3.63, 3.8) is 0 Å². The number of carbonyl (C=O) groups excluding carboxylic acids is 1. The molecule has 0 spiro atoms. The summed E-state index contributed by atoms with van der Waals surface area (Å²) in [5, 5.41) is 5.08. The Hall–Kier alpha value is -1.14. The van der Waals surface area contributed by atoms with Gasteiger partial charge in [-0.25, -0.2) is 4.79 Å². The van der Waals surface area contributed by atoms with Crippen molar-refractivity contribution in [2.75, 3.05) is 11.9 Å². The van der Waals surface area contributed by atoms with E-state index in [1.54, 1.807) is 11.3 Å². The van der Waals surface area contributed by atoms with Crippen LogP contribution in [0.25, 0.3) is 0 Å². The summed E-state index contributed by atoms with van der Waals surface area (Å²) in [5.41, 5.74) is 1.93. The Labute approximate surface area is 172 Å². The number of fused-ring (bicyclic) bond motifs is 1. The van der Waals surface area contributed by atoms with Crippen LogP contribution in [-0.4, -0.2) is 34.7 Å². The SMILES string of the molecule is CCOC(=O)c1c(NC(=S)N2C(C)CCCC2C)sc2c1CCCCCC2. The maximum absolute atomic E-state index is 12.8. The Bertz CT molecular complexity index is 676. The number of anilines is 1. The lowest BCUT2D eigenvalue weighted by molar-refractivity contribution is 0.0526. The lowest BCUT2D eigenvalue weighted by Gasteiger charge is -2.40. The van der Waals surface area contributed by atoms with Crippen LogP contribution in [0.5, 0.6) is 0 Å². The van der Waals surface area contributed by atoms with E-state index >= 15 is 0 Å². The molecule has 1 saturated heterocycles. The molecule has 3 rings (SSSR count). The second-order valence-electron chi connectivity index (χ2n) is 7.81. The zero-order chi connectivity index (χ0) is 19.4. The molecular formula is C21H32N2O2S2. The third kappa shape index (κ3) is 4.65. The zero-order valence-electron chi connectivity index (χ0n) is 16.8. The molecule has 2 heterocycles. The first-order chi connectivity index (χ1) is 13.0. The van der Waals surface area contributed by atoms with E-state index in [1.165, 1.54) is 36.1 Å². The molecule has 2 aliphatic rings. The van der Waals surface area contributed by atoms with Crippen LogP contribution in [0, 0.1) is 0 Å². The number of nitrogens with zero attached hydrogens (tertiary/aromatic N) is 1. The van der Waals surface area contributed by atoms with Crippen molar-refractivity contribution in [1.82, 2.24) is 4.90 Å². The summed E-state index contributed by atoms with van der Waals surface area (Å²) < 4.78 is 5.41. The van der Waals surface area contributed by atoms with Gasteiger partial charge in [0.15, 0.2) is 5.11 Å². The minimum absolute atomic E-state index is 0.208. The van der Waals surface area contributed by atoms with E-state index in [4.69, 9.17) is 17.0 Å². The summed E-state index contributed by atoms with van der Waals surface area (Å²) in [4.78, 5) is 16.4. The second-order valence-corrected chi connectivity index (χ2v) is 9.30. The predicted octanol–water partition coefficient (Wildman–Crippen LogP) is 5.54. The van der Waals surface area contributed by atoms with Crippen LogP contribution in [-0.2, 0) is 17.6 Å². The molecule has 1 aliphatic heterocycles. The number of rotatable bonds is 3. The third-order valence-corrected chi connectivity index (χ3v) is 7.32. The highest BCUT2D eigenvalue weighted by Gasteiger charge is 2.30. The van der Waals surface area contributed by atoms with Crippen LogP contribution in [0.4, 0.5) is 5.00 Å². The van der Waals surface area contributed by atoms with Gasteiger partial charge in [-0.15, -0.1) is 11.3 Å². The molecule has 0 amide bonds. The van der Waals surface area contributed by atoms with E-state index in [-0.39, 0.29) is 5.97 Å². The molecule has 2 unspecified atom stereocenters. The molecule has 1 aromatic rings. The van der Waals surface area contributed by atoms with Crippen LogP contribution in [0.1, 0.15) is 86.5 Å². The normalized spacial score (nSPS) is 23.1. The summed E-state index contributed by atoms with van der Waals surface area (Å²) >= 11 is 7.49. The zero-order valence-corrected chi connectivity index (χ0v) is 18.4. The number of aryl methyl sites for hydroxylation is 1. The average Bonchev–Trinajstić information content (AvgIpc) is 2.91. The maximum atomic E-state index is 12.8. The van der Waals surface area contributed by atoms with Crippen molar-refractivity contribution in [3.8, 4) is 0 Å².